The average molecular weight is 1240 g/mol. The van der Waals surface area contributed by atoms with Crippen LogP contribution < -0.4 is 5.32 Å². The first-order valence-electron chi connectivity index (χ1n) is 37.1. The van der Waals surface area contributed by atoms with Crippen LogP contribution in [-0.4, -0.2) is 73.4 Å². The minimum atomic E-state index is -4.36. The molecule has 0 fully saturated rings. The standard InChI is InChI=1S/C78H143N2O6P/c1-6-8-10-12-14-16-18-20-22-24-26-28-30-32-33-34-35-36-37-38-39-40-41-42-43-44-45-46-47-48-50-52-54-56-58-60-62-64-66-68-70-72-78(82)79-76(75-86-87(83,84)85-74-73-80(3,4)5)77(81)71-69-67-65-63-61-59-57-55-53-51-49-31-29-27-25-23-21-19-17-15-13-11-9-7-2/h8,10,14,16,20,22,26,28,32-33,35-36,38-39,69,71,76-77,81H,6-7,9,11-13,15,17-19,21,23-25,27,29-31,34,37,40-68,70,72-75H2,1-5H3,(H-,79,82,83,84)/p+1/b10-8-,16-14-,22-20-,28-26-,33-32-,36-35-,39-38-,71-69+. The van der Waals surface area contributed by atoms with E-state index >= 15 is 0 Å². The summed E-state index contributed by atoms with van der Waals surface area (Å²) in [6, 6.07) is -0.851. The summed E-state index contributed by atoms with van der Waals surface area (Å²) in [5.74, 6) is -0.173. The van der Waals surface area contributed by atoms with E-state index in [0.717, 1.165) is 83.5 Å². The number of phosphoric ester groups is 1. The molecule has 9 heteroatoms. The molecule has 3 unspecified atom stereocenters. The Hall–Kier alpha value is -2.58. The predicted octanol–water partition coefficient (Wildman–Crippen LogP) is 24.1. The molecule has 8 nitrogen and oxygen atoms in total. The van der Waals surface area contributed by atoms with Crippen LogP contribution in [0.1, 0.15) is 341 Å². The summed E-state index contributed by atoms with van der Waals surface area (Å²) in [5.41, 5.74) is 0. The van der Waals surface area contributed by atoms with Crippen molar-refractivity contribution in [3.05, 3.63) is 97.2 Å². The number of carbonyl (C=O) groups is 1. The van der Waals surface area contributed by atoms with Crippen LogP contribution in [0.5, 0.6) is 0 Å². The van der Waals surface area contributed by atoms with Gasteiger partial charge in [-0.3, -0.25) is 13.8 Å². The SMILES string of the molecule is CC/C=C\C/C=C\C/C=C\C/C=C\C/C=C\C/C=C\C/C=C\CCCCCCCCCCCCCCCCCCCCCC(=O)NC(COP(=O)(O)OCC[N+](C)(C)C)C(O)/C=C/CCCCCCCCCCCCCCCCCCCCCCCC. The number of hydrogen-bond donors (Lipinski definition) is 3. The van der Waals surface area contributed by atoms with Gasteiger partial charge in [0.15, 0.2) is 0 Å². The van der Waals surface area contributed by atoms with Crippen LogP contribution >= 0.6 is 7.82 Å². The van der Waals surface area contributed by atoms with E-state index in [1.54, 1.807) is 6.08 Å². The van der Waals surface area contributed by atoms with E-state index in [9.17, 15) is 19.4 Å². The van der Waals surface area contributed by atoms with Crippen molar-refractivity contribution in [2.45, 2.75) is 353 Å². The maximum absolute atomic E-state index is 13.1. The molecule has 0 aromatic heterocycles. The molecule has 0 bridgehead atoms. The van der Waals surface area contributed by atoms with Crippen LogP contribution in [0.3, 0.4) is 0 Å². The molecule has 0 aliphatic carbocycles. The first-order valence-corrected chi connectivity index (χ1v) is 38.6. The fourth-order valence-corrected chi connectivity index (χ4v) is 11.6. The smallest absolute Gasteiger partial charge is 0.387 e. The van der Waals surface area contributed by atoms with Crippen molar-refractivity contribution in [2.24, 2.45) is 0 Å². The van der Waals surface area contributed by atoms with E-state index in [4.69, 9.17) is 9.05 Å². The Morgan fingerprint density at radius 1 is 0.402 bits per heavy atom. The zero-order valence-electron chi connectivity index (χ0n) is 58.0. The van der Waals surface area contributed by atoms with Gasteiger partial charge < -0.3 is 19.8 Å². The summed E-state index contributed by atoms with van der Waals surface area (Å²) in [5, 5.41) is 14.0. The fourth-order valence-electron chi connectivity index (χ4n) is 10.9. The number of rotatable bonds is 68. The maximum atomic E-state index is 13.1. The number of carbonyl (C=O) groups excluding carboxylic acids is 1. The molecule has 1 amide bonds. The Balaban J connectivity index is 3.99. The highest BCUT2D eigenvalue weighted by molar-refractivity contribution is 7.47. The minimum Gasteiger partial charge on any atom is -0.387 e. The fraction of sp³-hybridized carbons (Fsp3) is 0.782. The topological polar surface area (TPSA) is 105 Å². The number of likely N-dealkylation sites (N-methyl/N-ethyl adjacent to an activating group) is 1. The summed E-state index contributed by atoms with van der Waals surface area (Å²) in [7, 11) is 1.58. The highest BCUT2D eigenvalue weighted by Gasteiger charge is 2.28. The predicted molar refractivity (Wildman–Crippen MR) is 383 cm³/mol. The highest BCUT2D eigenvalue weighted by atomic mass is 31.2. The molecule has 0 aromatic rings. The number of hydrogen-bond acceptors (Lipinski definition) is 5. The monoisotopic (exact) mass is 1240 g/mol. The first-order chi connectivity index (χ1) is 42.5. The molecule has 0 saturated heterocycles. The van der Waals surface area contributed by atoms with Gasteiger partial charge in [-0.05, 0) is 77.0 Å². The van der Waals surface area contributed by atoms with Gasteiger partial charge >= 0.3 is 7.82 Å². The average Bonchev–Trinajstić information content (AvgIpc) is 3.71. The van der Waals surface area contributed by atoms with Crippen molar-refractivity contribution in [3.8, 4) is 0 Å². The van der Waals surface area contributed by atoms with Crippen molar-refractivity contribution >= 4 is 13.7 Å². The van der Waals surface area contributed by atoms with Crippen LogP contribution in [0.4, 0.5) is 0 Å². The van der Waals surface area contributed by atoms with Gasteiger partial charge in [-0.2, -0.15) is 0 Å². The number of nitrogens with one attached hydrogen (secondary N) is 1. The molecule has 0 saturated carbocycles. The third kappa shape index (κ3) is 70.7. The number of aliphatic hydroxyl groups excluding tert-OH is 1. The number of allylic oxidation sites excluding steroid dienone is 15. The number of amides is 1. The lowest BCUT2D eigenvalue weighted by Gasteiger charge is -2.25. The Morgan fingerprint density at radius 3 is 1.01 bits per heavy atom. The zero-order chi connectivity index (χ0) is 63.4. The van der Waals surface area contributed by atoms with Gasteiger partial charge in [-0.1, -0.05) is 355 Å². The maximum Gasteiger partial charge on any atom is 0.472 e. The van der Waals surface area contributed by atoms with E-state index < -0.39 is 20.0 Å². The van der Waals surface area contributed by atoms with E-state index in [0.29, 0.717) is 17.4 Å². The van der Waals surface area contributed by atoms with Crippen molar-refractivity contribution < 1.29 is 32.9 Å². The third-order valence-corrected chi connectivity index (χ3v) is 17.5. The number of quaternary nitrogens is 1. The van der Waals surface area contributed by atoms with E-state index in [-0.39, 0.29) is 19.1 Å². The quantitative estimate of drug-likeness (QED) is 0.0243. The molecule has 0 aliphatic rings. The van der Waals surface area contributed by atoms with Gasteiger partial charge in [0.2, 0.25) is 5.91 Å². The molecule has 3 N–H and O–H groups in total. The Morgan fingerprint density at radius 2 is 0.690 bits per heavy atom. The Labute approximate surface area is 540 Å². The summed E-state index contributed by atoms with van der Waals surface area (Å²) >= 11 is 0. The number of aliphatic hydroxyl groups is 1. The van der Waals surface area contributed by atoms with Crippen LogP contribution in [-0.2, 0) is 18.4 Å². The minimum absolute atomic E-state index is 0.0608. The van der Waals surface area contributed by atoms with Gasteiger partial charge in [0.25, 0.3) is 0 Å². The summed E-state index contributed by atoms with van der Waals surface area (Å²) < 4.78 is 23.8. The molecule has 0 heterocycles. The lowest BCUT2D eigenvalue weighted by molar-refractivity contribution is -0.870. The number of unbranched alkanes of at least 4 members (excludes halogenated alkanes) is 41. The van der Waals surface area contributed by atoms with Crippen LogP contribution in [0.2, 0.25) is 0 Å². The van der Waals surface area contributed by atoms with Crippen molar-refractivity contribution in [2.75, 3.05) is 40.9 Å². The molecule has 0 rings (SSSR count). The van der Waals surface area contributed by atoms with Crippen LogP contribution in [0, 0.1) is 0 Å². The van der Waals surface area contributed by atoms with Gasteiger partial charge in [0, 0.05) is 6.42 Å². The van der Waals surface area contributed by atoms with E-state index in [1.165, 1.54) is 238 Å². The van der Waals surface area contributed by atoms with Crippen LogP contribution in [0.25, 0.3) is 0 Å². The van der Waals surface area contributed by atoms with E-state index in [1.807, 2.05) is 27.2 Å². The summed E-state index contributed by atoms with van der Waals surface area (Å²) in [4.78, 5) is 23.5. The lowest BCUT2D eigenvalue weighted by atomic mass is 10.0. The molecular weight excluding hydrogens is 1090 g/mol. The first kappa shape index (κ1) is 84.4. The van der Waals surface area contributed by atoms with Crippen molar-refractivity contribution in [1.29, 1.82) is 0 Å². The zero-order valence-corrected chi connectivity index (χ0v) is 58.9. The molecule has 87 heavy (non-hydrogen) atoms. The van der Waals surface area contributed by atoms with Crippen molar-refractivity contribution in [3.63, 3.8) is 0 Å². The largest absolute Gasteiger partial charge is 0.472 e. The molecule has 0 radical (unpaired) electrons. The lowest BCUT2D eigenvalue weighted by Crippen LogP contribution is -2.45. The molecule has 0 aliphatic heterocycles. The third-order valence-electron chi connectivity index (χ3n) is 16.6. The molecule has 0 aromatic carbocycles. The second-order valence-corrected chi connectivity index (χ2v) is 27.7. The normalized spacial score (nSPS) is 14.1. The Kier molecular flexibility index (Phi) is 65.8. The van der Waals surface area contributed by atoms with Crippen LogP contribution in [0.15, 0.2) is 97.2 Å². The summed E-state index contributed by atoms with van der Waals surface area (Å²) in [6.45, 7) is 4.74. The number of nitrogens with zero attached hydrogens (tertiary/aromatic N) is 1. The molecule has 0 spiro atoms. The van der Waals surface area contributed by atoms with Gasteiger partial charge in [0.05, 0.1) is 39.9 Å². The number of phosphoric acid groups is 1. The van der Waals surface area contributed by atoms with Gasteiger partial charge in [0.1, 0.15) is 13.2 Å². The molecular formula is C78H144N2O6P+. The second-order valence-electron chi connectivity index (χ2n) is 26.3. The second kappa shape index (κ2) is 67.8. The molecule has 3 atom stereocenters. The Bertz CT molecular complexity index is 1740. The van der Waals surface area contributed by atoms with Crippen molar-refractivity contribution in [1.82, 2.24) is 5.32 Å². The summed E-state index contributed by atoms with van der Waals surface area (Å²) in [6.07, 6.45) is 98.5. The van der Waals surface area contributed by atoms with E-state index in [2.05, 4.69) is 104 Å². The van der Waals surface area contributed by atoms with Gasteiger partial charge in [-0.15, -0.1) is 0 Å². The molecule has 506 valence electrons. The van der Waals surface area contributed by atoms with Gasteiger partial charge in [-0.25, -0.2) is 4.57 Å². The highest BCUT2D eigenvalue weighted by Crippen LogP contribution is 2.43.